The second-order valence-electron chi connectivity index (χ2n) is 4.80. The summed E-state index contributed by atoms with van der Waals surface area (Å²) < 4.78 is 24.5. The third-order valence-corrected chi connectivity index (χ3v) is 3.21. The molecule has 1 aromatic carbocycles. The van der Waals surface area contributed by atoms with Gasteiger partial charge in [-0.2, -0.15) is 5.26 Å². The van der Waals surface area contributed by atoms with E-state index in [2.05, 4.69) is 5.32 Å². The molecule has 108 valence electrons. The molecule has 1 aliphatic heterocycles. The van der Waals surface area contributed by atoms with Gasteiger partial charge < -0.3 is 14.8 Å². The second-order valence-corrected chi connectivity index (χ2v) is 4.80. The predicted molar refractivity (Wildman–Crippen MR) is 74.0 cm³/mol. The predicted octanol–water partition coefficient (Wildman–Crippen LogP) is 2.69. The highest BCUT2D eigenvalue weighted by Gasteiger charge is 2.14. The number of halogens is 1. The Morgan fingerprint density at radius 1 is 1.50 bits per heavy atom. The van der Waals surface area contributed by atoms with Gasteiger partial charge in [0.2, 0.25) is 0 Å². The molecule has 0 amide bonds. The van der Waals surface area contributed by atoms with Crippen LogP contribution in [0.1, 0.15) is 24.8 Å². The number of hydrogen-bond donors (Lipinski definition) is 1. The Balaban J connectivity index is 1.60. The maximum Gasteiger partial charge on any atom is 0.147 e. The molecule has 0 radical (unpaired) electrons. The molecule has 1 aromatic rings. The zero-order valence-electron chi connectivity index (χ0n) is 11.4. The maximum atomic E-state index is 13.6. The van der Waals surface area contributed by atoms with Gasteiger partial charge in [-0.25, -0.2) is 4.39 Å². The minimum absolute atomic E-state index is 0.249. The highest BCUT2D eigenvalue weighted by molar-refractivity contribution is 5.48. The van der Waals surface area contributed by atoms with Crippen LogP contribution in [0.3, 0.4) is 0 Å². The molecule has 2 rings (SSSR count). The van der Waals surface area contributed by atoms with E-state index in [1.165, 1.54) is 6.07 Å². The van der Waals surface area contributed by atoms with Crippen LogP contribution in [0.4, 0.5) is 10.1 Å². The Labute approximate surface area is 118 Å². The smallest absolute Gasteiger partial charge is 0.147 e. The number of rotatable bonds is 7. The van der Waals surface area contributed by atoms with E-state index in [-0.39, 0.29) is 6.10 Å². The number of anilines is 1. The number of ether oxygens (including phenoxy) is 2. The Kier molecular flexibility index (Phi) is 5.78. The molecule has 0 spiro atoms. The zero-order valence-corrected chi connectivity index (χ0v) is 11.4. The van der Waals surface area contributed by atoms with E-state index in [1.54, 1.807) is 12.1 Å². The van der Waals surface area contributed by atoms with Gasteiger partial charge in [-0.15, -0.1) is 0 Å². The fourth-order valence-electron chi connectivity index (χ4n) is 2.12. The number of nitrogens with one attached hydrogen (secondary N) is 1. The summed E-state index contributed by atoms with van der Waals surface area (Å²) in [5.74, 6) is -0.399. The van der Waals surface area contributed by atoms with Crippen molar-refractivity contribution in [1.82, 2.24) is 0 Å². The summed E-state index contributed by atoms with van der Waals surface area (Å²) in [7, 11) is 0. The van der Waals surface area contributed by atoms with Crippen molar-refractivity contribution in [2.45, 2.75) is 25.4 Å². The molecule has 0 saturated carbocycles. The highest BCUT2D eigenvalue weighted by atomic mass is 19.1. The van der Waals surface area contributed by atoms with Crippen LogP contribution >= 0.6 is 0 Å². The summed E-state index contributed by atoms with van der Waals surface area (Å²) >= 11 is 0. The first-order valence-electron chi connectivity index (χ1n) is 6.92. The Morgan fingerprint density at radius 2 is 2.40 bits per heavy atom. The highest BCUT2D eigenvalue weighted by Crippen LogP contribution is 2.15. The van der Waals surface area contributed by atoms with E-state index < -0.39 is 5.82 Å². The van der Waals surface area contributed by atoms with E-state index in [0.717, 1.165) is 25.9 Å². The van der Waals surface area contributed by atoms with Crippen molar-refractivity contribution in [3.05, 3.63) is 29.6 Å². The van der Waals surface area contributed by atoms with Gasteiger partial charge in [-0.05, 0) is 37.5 Å². The monoisotopic (exact) mass is 278 g/mol. The van der Waals surface area contributed by atoms with Crippen LogP contribution in [0.2, 0.25) is 0 Å². The van der Waals surface area contributed by atoms with Crippen LogP contribution in [0.25, 0.3) is 0 Å². The summed E-state index contributed by atoms with van der Waals surface area (Å²) in [5.41, 5.74) is 0.746. The fourth-order valence-corrected chi connectivity index (χ4v) is 2.12. The van der Waals surface area contributed by atoms with Gasteiger partial charge in [0.1, 0.15) is 5.82 Å². The molecule has 1 atom stereocenters. The van der Waals surface area contributed by atoms with Crippen LogP contribution in [0, 0.1) is 17.1 Å². The lowest BCUT2D eigenvalue weighted by Crippen LogP contribution is -2.15. The lowest BCUT2D eigenvalue weighted by Gasteiger charge is -2.11. The molecule has 5 heteroatoms. The van der Waals surface area contributed by atoms with Crippen LogP contribution in [0.5, 0.6) is 0 Å². The van der Waals surface area contributed by atoms with Crippen molar-refractivity contribution in [3.8, 4) is 6.07 Å². The SMILES string of the molecule is N#Cc1ccc(NCCCOC[C@H]2CCCO2)c(F)c1. The van der Waals surface area contributed by atoms with Crippen molar-refractivity contribution < 1.29 is 13.9 Å². The van der Waals surface area contributed by atoms with Crippen molar-refractivity contribution in [3.63, 3.8) is 0 Å². The summed E-state index contributed by atoms with van der Waals surface area (Å²) in [5, 5.41) is 11.6. The minimum atomic E-state index is -0.399. The third kappa shape index (κ3) is 4.48. The van der Waals surface area contributed by atoms with Crippen LogP contribution in [-0.4, -0.2) is 32.5 Å². The molecular formula is C15H19FN2O2. The molecule has 0 aliphatic carbocycles. The molecule has 1 N–H and O–H groups in total. The molecule has 0 bridgehead atoms. The topological polar surface area (TPSA) is 54.3 Å². The molecule has 0 aromatic heterocycles. The quantitative estimate of drug-likeness (QED) is 0.779. The lowest BCUT2D eigenvalue weighted by atomic mass is 10.2. The standard InChI is InChI=1S/C15H19FN2O2/c16-14-9-12(10-17)4-5-15(14)18-6-2-7-19-11-13-3-1-8-20-13/h4-5,9,13,18H,1-3,6-8,11H2/t13-/m1/s1. The Morgan fingerprint density at radius 3 is 3.10 bits per heavy atom. The average Bonchev–Trinajstić information content (AvgIpc) is 2.97. The van der Waals surface area contributed by atoms with E-state index in [0.29, 0.717) is 31.0 Å². The third-order valence-electron chi connectivity index (χ3n) is 3.21. The van der Waals surface area contributed by atoms with Gasteiger partial charge in [0, 0.05) is 19.8 Å². The van der Waals surface area contributed by atoms with Gasteiger partial charge in [0.05, 0.1) is 30.0 Å². The van der Waals surface area contributed by atoms with Crippen LogP contribution < -0.4 is 5.32 Å². The second kappa shape index (κ2) is 7.83. The molecule has 1 heterocycles. The maximum absolute atomic E-state index is 13.6. The lowest BCUT2D eigenvalue weighted by molar-refractivity contribution is 0.0172. The summed E-state index contributed by atoms with van der Waals surface area (Å²) in [6, 6.07) is 6.32. The Bertz CT molecular complexity index is 467. The van der Waals surface area contributed by atoms with Crippen LogP contribution in [0.15, 0.2) is 18.2 Å². The number of nitrogens with zero attached hydrogens (tertiary/aromatic N) is 1. The minimum Gasteiger partial charge on any atom is -0.383 e. The van der Waals surface area contributed by atoms with Gasteiger partial charge in [-0.1, -0.05) is 0 Å². The van der Waals surface area contributed by atoms with E-state index in [1.807, 2.05) is 6.07 Å². The van der Waals surface area contributed by atoms with E-state index in [9.17, 15) is 4.39 Å². The molecule has 20 heavy (non-hydrogen) atoms. The van der Waals surface area contributed by atoms with Crippen molar-refractivity contribution in [1.29, 1.82) is 5.26 Å². The van der Waals surface area contributed by atoms with Gasteiger partial charge in [0.25, 0.3) is 0 Å². The molecule has 1 saturated heterocycles. The summed E-state index contributed by atoms with van der Waals surface area (Å²) in [4.78, 5) is 0. The molecule has 1 fully saturated rings. The summed E-state index contributed by atoms with van der Waals surface area (Å²) in [6.45, 7) is 2.75. The first kappa shape index (κ1) is 14.8. The molecule has 0 unspecified atom stereocenters. The fraction of sp³-hybridized carbons (Fsp3) is 0.533. The number of nitriles is 1. The normalized spacial score (nSPS) is 17.9. The van der Waals surface area contributed by atoms with Crippen molar-refractivity contribution >= 4 is 5.69 Å². The van der Waals surface area contributed by atoms with Crippen molar-refractivity contribution in [2.24, 2.45) is 0 Å². The van der Waals surface area contributed by atoms with Crippen molar-refractivity contribution in [2.75, 3.05) is 31.7 Å². The number of benzene rings is 1. The number of hydrogen-bond acceptors (Lipinski definition) is 4. The zero-order chi connectivity index (χ0) is 14.2. The molecule has 1 aliphatic rings. The average molecular weight is 278 g/mol. The first-order chi connectivity index (χ1) is 9.79. The van der Waals surface area contributed by atoms with Crippen LogP contribution in [-0.2, 0) is 9.47 Å². The summed E-state index contributed by atoms with van der Waals surface area (Å²) in [6.07, 6.45) is 3.24. The van der Waals surface area contributed by atoms with Gasteiger partial charge in [0.15, 0.2) is 0 Å². The van der Waals surface area contributed by atoms with E-state index in [4.69, 9.17) is 14.7 Å². The Hall–Kier alpha value is -1.64. The molecule has 4 nitrogen and oxygen atoms in total. The first-order valence-corrected chi connectivity index (χ1v) is 6.92. The van der Waals surface area contributed by atoms with Gasteiger partial charge >= 0.3 is 0 Å². The van der Waals surface area contributed by atoms with E-state index >= 15 is 0 Å². The largest absolute Gasteiger partial charge is 0.383 e. The molecular weight excluding hydrogens is 259 g/mol. The van der Waals surface area contributed by atoms with Gasteiger partial charge in [-0.3, -0.25) is 0 Å².